The van der Waals surface area contributed by atoms with Crippen LogP contribution in [0, 0.1) is 6.92 Å². The highest BCUT2D eigenvalue weighted by molar-refractivity contribution is 9.09. The lowest BCUT2D eigenvalue weighted by atomic mass is 10.1. The number of carbonyl (C=O) groups excluding carboxylic acids is 1. The highest BCUT2D eigenvalue weighted by Crippen LogP contribution is 2.44. The molecular formula is C9H10BrNO2. The molecule has 0 spiro atoms. The van der Waals surface area contributed by atoms with Gasteiger partial charge in [-0.25, -0.2) is 0 Å². The SMILES string of the molecule is Cc1onc(C2CC2)c1[C@H](Br)C=O. The second-order valence-electron chi connectivity index (χ2n) is 3.35. The number of halogens is 1. The molecule has 0 N–H and O–H groups in total. The molecule has 0 bridgehead atoms. The molecule has 1 heterocycles. The Kier molecular flexibility index (Phi) is 2.24. The lowest BCUT2D eigenvalue weighted by Crippen LogP contribution is -1.96. The zero-order valence-electron chi connectivity index (χ0n) is 7.29. The molecule has 1 aromatic heterocycles. The van der Waals surface area contributed by atoms with E-state index in [0.717, 1.165) is 36.1 Å². The Morgan fingerprint density at radius 2 is 2.38 bits per heavy atom. The van der Waals surface area contributed by atoms with Crippen LogP contribution < -0.4 is 0 Å². The Morgan fingerprint density at radius 3 is 2.92 bits per heavy atom. The van der Waals surface area contributed by atoms with Crippen molar-refractivity contribution in [3.63, 3.8) is 0 Å². The van der Waals surface area contributed by atoms with Crippen LogP contribution in [-0.2, 0) is 4.79 Å². The molecule has 4 heteroatoms. The van der Waals surface area contributed by atoms with E-state index in [2.05, 4.69) is 21.1 Å². The molecule has 1 aliphatic rings. The number of nitrogens with zero attached hydrogens (tertiary/aromatic N) is 1. The average molecular weight is 244 g/mol. The predicted octanol–water partition coefficient (Wildman–Crippen LogP) is 2.50. The second kappa shape index (κ2) is 3.25. The maximum Gasteiger partial charge on any atom is 0.138 e. The third kappa shape index (κ3) is 1.55. The summed E-state index contributed by atoms with van der Waals surface area (Å²) in [4.78, 5) is 10.4. The summed E-state index contributed by atoms with van der Waals surface area (Å²) in [5.41, 5.74) is 1.89. The van der Waals surface area contributed by atoms with E-state index in [0.29, 0.717) is 5.92 Å². The molecule has 0 saturated heterocycles. The van der Waals surface area contributed by atoms with Crippen molar-refractivity contribution in [2.24, 2.45) is 0 Å². The maximum absolute atomic E-state index is 10.6. The van der Waals surface area contributed by atoms with E-state index in [1.807, 2.05) is 6.92 Å². The average Bonchev–Trinajstić information content (AvgIpc) is 2.89. The Bertz CT molecular complexity index is 330. The molecule has 1 atom stereocenters. The molecule has 1 aliphatic carbocycles. The Hall–Kier alpha value is -0.640. The summed E-state index contributed by atoms with van der Waals surface area (Å²) in [6.07, 6.45) is 3.19. The number of rotatable bonds is 3. The summed E-state index contributed by atoms with van der Waals surface area (Å²) in [5, 5.41) is 3.98. The van der Waals surface area contributed by atoms with Gasteiger partial charge in [-0.3, -0.25) is 0 Å². The predicted molar refractivity (Wildman–Crippen MR) is 50.9 cm³/mol. The van der Waals surface area contributed by atoms with Gasteiger partial charge in [0, 0.05) is 11.5 Å². The first-order valence-electron chi connectivity index (χ1n) is 4.29. The van der Waals surface area contributed by atoms with Crippen LogP contribution >= 0.6 is 15.9 Å². The third-order valence-corrected chi connectivity index (χ3v) is 2.97. The van der Waals surface area contributed by atoms with Gasteiger partial charge in [0.15, 0.2) is 0 Å². The highest BCUT2D eigenvalue weighted by Gasteiger charge is 2.32. The zero-order chi connectivity index (χ0) is 9.42. The van der Waals surface area contributed by atoms with Crippen LogP contribution in [0.15, 0.2) is 4.52 Å². The summed E-state index contributed by atoms with van der Waals surface area (Å²) in [5.74, 6) is 1.27. The fraction of sp³-hybridized carbons (Fsp3) is 0.556. The van der Waals surface area contributed by atoms with Crippen LogP contribution in [-0.4, -0.2) is 11.4 Å². The molecule has 1 saturated carbocycles. The maximum atomic E-state index is 10.6. The van der Waals surface area contributed by atoms with Gasteiger partial charge in [-0.2, -0.15) is 0 Å². The van der Waals surface area contributed by atoms with E-state index in [-0.39, 0.29) is 4.83 Å². The first kappa shape index (κ1) is 8.94. The molecule has 1 aromatic rings. The number of alkyl halides is 1. The zero-order valence-corrected chi connectivity index (χ0v) is 8.87. The van der Waals surface area contributed by atoms with Crippen LogP contribution in [0.25, 0.3) is 0 Å². The second-order valence-corrected chi connectivity index (χ2v) is 4.34. The van der Waals surface area contributed by atoms with Crippen LogP contribution in [0.1, 0.15) is 40.6 Å². The Balaban J connectivity index is 2.39. The molecule has 0 unspecified atom stereocenters. The minimum Gasteiger partial charge on any atom is -0.361 e. The molecule has 0 aromatic carbocycles. The first-order valence-corrected chi connectivity index (χ1v) is 5.21. The smallest absolute Gasteiger partial charge is 0.138 e. The van der Waals surface area contributed by atoms with Crippen LogP contribution in [0.2, 0.25) is 0 Å². The number of carbonyl (C=O) groups is 1. The van der Waals surface area contributed by atoms with Gasteiger partial charge in [0.1, 0.15) is 16.9 Å². The van der Waals surface area contributed by atoms with Crippen molar-refractivity contribution in [3.8, 4) is 0 Å². The normalized spacial score (nSPS) is 18.6. The first-order chi connectivity index (χ1) is 6.24. The van der Waals surface area contributed by atoms with E-state index < -0.39 is 0 Å². The molecule has 0 radical (unpaired) electrons. The summed E-state index contributed by atoms with van der Waals surface area (Å²) in [7, 11) is 0. The number of aryl methyl sites for hydroxylation is 1. The van der Waals surface area contributed by atoms with Gasteiger partial charge in [0.2, 0.25) is 0 Å². The molecule has 1 fully saturated rings. The van der Waals surface area contributed by atoms with Gasteiger partial charge in [0.05, 0.1) is 5.69 Å². The number of aromatic nitrogens is 1. The number of aldehydes is 1. The highest BCUT2D eigenvalue weighted by atomic mass is 79.9. The largest absolute Gasteiger partial charge is 0.361 e. The molecule has 70 valence electrons. The fourth-order valence-corrected chi connectivity index (χ4v) is 2.01. The molecule has 0 amide bonds. The van der Waals surface area contributed by atoms with Gasteiger partial charge < -0.3 is 9.32 Å². The van der Waals surface area contributed by atoms with Crippen LogP contribution in [0.3, 0.4) is 0 Å². The van der Waals surface area contributed by atoms with E-state index >= 15 is 0 Å². The van der Waals surface area contributed by atoms with E-state index in [1.165, 1.54) is 0 Å². The van der Waals surface area contributed by atoms with Crippen molar-refractivity contribution in [2.75, 3.05) is 0 Å². The van der Waals surface area contributed by atoms with Gasteiger partial charge in [-0.15, -0.1) is 0 Å². The van der Waals surface area contributed by atoms with E-state index in [4.69, 9.17) is 4.52 Å². The fourth-order valence-electron chi connectivity index (χ4n) is 1.45. The summed E-state index contributed by atoms with van der Waals surface area (Å²) in [6.45, 7) is 1.84. The quantitative estimate of drug-likeness (QED) is 0.606. The number of hydrogen-bond acceptors (Lipinski definition) is 3. The van der Waals surface area contributed by atoms with E-state index in [9.17, 15) is 4.79 Å². The lowest BCUT2D eigenvalue weighted by Gasteiger charge is -2.00. The lowest BCUT2D eigenvalue weighted by molar-refractivity contribution is -0.107. The summed E-state index contributed by atoms with van der Waals surface area (Å²) in [6, 6.07) is 0. The third-order valence-electron chi connectivity index (χ3n) is 2.30. The van der Waals surface area contributed by atoms with Crippen molar-refractivity contribution >= 4 is 22.2 Å². The van der Waals surface area contributed by atoms with Gasteiger partial charge in [0.25, 0.3) is 0 Å². The minimum absolute atomic E-state index is 0.269. The minimum atomic E-state index is -0.269. The van der Waals surface area contributed by atoms with Gasteiger partial charge >= 0.3 is 0 Å². The molecule has 3 nitrogen and oxygen atoms in total. The summed E-state index contributed by atoms with van der Waals surface area (Å²) < 4.78 is 5.08. The monoisotopic (exact) mass is 243 g/mol. The van der Waals surface area contributed by atoms with Crippen molar-refractivity contribution in [1.29, 1.82) is 0 Å². The summed E-state index contributed by atoms with van der Waals surface area (Å²) >= 11 is 3.29. The Morgan fingerprint density at radius 1 is 1.69 bits per heavy atom. The molecule has 0 aliphatic heterocycles. The van der Waals surface area contributed by atoms with Gasteiger partial charge in [-0.05, 0) is 19.8 Å². The van der Waals surface area contributed by atoms with Crippen molar-refractivity contribution in [1.82, 2.24) is 5.16 Å². The van der Waals surface area contributed by atoms with Gasteiger partial charge in [-0.1, -0.05) is 21.1 Å². The van der Waals surface area contributed by atoms with E-state index in [1.54, 1.807) is 0 Å². The van der Waals surface area contributed by atoms with Crippen molar-refractivity contribution in [3.05, 3.63) is 17.0 Å². The standard InChI is InChI=1S/C9H10BrNO2/c1-5-8(7(10)4-12)9(11-13-5)6-2-3-6/h4,6-7H,2-3H2,1H3/t7-/m1/s1. The van der Waals surface area contributed by atoms with Crippen LogP contribution in [0.4, 0.5) is 0 Å². The Labute approximate surface area is 84.6 Å². The molecule has 2 rings (SSSR count). The van der Waals surface area contributed by atoms with Crippen molar-refractivity contribution in [2.45, 2.75) is 30.5 Å². The topological polar surface area (TPSA) is 43.1 Å². The molecular weight excluding hydrogens is 234 g/mol. The number of hydrogen-bond donors (Lipinski definition) is 0. The van der Waals surface area contributed by atoms with Crippen molar-refractivity contribution < 1.29 is 9.32 Å². The molecule has 13 heavy (non-hydrogen) atoms. The van der Waals surface area contributed by atoms with Crippen LogP contribution in [0.5, 0.6) is 0 Å².